The second kappa shape index (κ2) is 6.75. The van der Waals surface area contributed by atoms with Crippen LogP contribution in [-0.2, 0) is 20.9 Å². The van der Waals surface area contributed by atoms with E-state index in [1.54, 1.807) is 46.1 Å². The maximum Gasteiger partial charge on any atom is 0.411 e. The minimum atomic E-state index is -0.781. The number of hydrogen-bond donors (Lipinski definition) is 0. The average Bonchev–Trinajstić information content (AvgIpc) is 2.91. The highest BCUT2D eigenvalue weighted by molar-refractivity contribution is 6.08. The molecule has 2 fully saturated rings. The van der Waals surface area contributed by atoms with E-state index in [1.165, 1.54) is 16.9 Å². The number of Topliss-reactive ketones (excluding diaryl/α,β-unsaturated/α-hetero) is 1. The molecule has 2 atom stereocenters. The molecule has 0 unspecified atom stereocenters. The maximum absolute atomic E-state index is 12.7. The molecule has 0 bridgehead atoms. The molecule has 2 saturated heterocycles. The third-order valence-electron chi connectivity index (χ3n) is 4.63. The number of likely N-dealkylation sites (tertiary alicyclic amines) is 2. The lowest BCUT2D eigenvalue weighted by Gasteiger charge is -2.44. The van der Waals surface area contributed by atoms with E-state index in [-0.39, 0.29) is 24.8 Å². The molecule has 0 radical (unpaired) electrons. The Morgan fingerprint density at radius 2 is 1.85 bits per heavy atom. The predicted molar refractivity (Wildman–Crippen MR) is 95.6 cm³/mol. The van der Waals surface area contributed by atoms with Crippen LogP contribution in [0.25, 0.3) is 0 Å². The Kier molecular flexibility index (Phi) is 4.75. The van der Waals surface area contributed by atoms with E-state index in [2.05, 4.69) is 0 Å². The molecular weight excluding hydrogens is 352 g/mol. The van der Waals surface area contributed by atoms with Gasteiger partial charge in [-0.25, -0.2) is 4.79 Å². The van der Waals surface area contributed by atoms with Gasteiger partial charge in [0.1, 0.15) is 29.2 Å². The smallest absolute Gasteiger partial charge is 0.411 e. The standard InChI is InChI=1S/C19H24N2O6/c1-19(2,3)27-18(24)21-10-13(22)15-16(21)17(23)20(15)9-11-6-7-12(25-4)8-14(11)26-5/h6-8,15-16H,9-10H2,1-5H3/t15-,16+/m1/s1. The fourth-order valence-electron chi connectivity index (χ4n) is 3.38. The molecule has 3 rings (SSSR count). The second-order valence-electron chi connectivity index (χ2n) is 7.61. The number of benzene rings is 1. The lowest BCUT2D eigenvalue weighted by atomic mass is 9.94. The van der Waals surface area contributed by atoms with Gasteiger partial charge in [0.05, 0.1) is 27.3 Å². The summed E-state index contributed by atoms with van der Waals surface area (Å²) in [5.41, 5.74) is 0.0647. The normalized spacial score (nSPS) is 21.7. The van der Waals surface area contributed by atoms with Gasteiger partial charge in [-0.1, -0.05) is 0 Å². The molecule has 1 aromatic carbocycles. The number of β-lactam (4-membered cyclic amide) rings is 1. The predicted octanol–water partition coefficient (Wildman–Crippen LogP) is 1.60. The van der Waals surface area contributed by atoms with Crippen molar-refractivity contribution in [1.82, 2.24) is 9.80 Å². The Morgan fingerprint density at radius 3 is 2.44 bits per heavy atom. The van der Waals surface area contributed by atoms with Crippen molar-refractivity contribution in [2.75, 3.05) is 20.8 Å². The molecule has 2 heterocycles. The topological polar surface area (TPSA) is 85.4 Å². The zero-order valence-electron chi connectivity index (χ0n) is 16.1. The first-order valence-electron chi connectivity index (χ1n) is 8.70. The van der Waals surface area contributed by atoms with Gasteiger partial charge in [0.25, 0.3) is 0 Å². The highest BCUT2D eigenvalue weighted by atomic mass is 16.6. The van der Waals surface area contributed by atoms with Crippen LogP contribution < -0.4 is 9.47 Å². The highest BCUT2D eigenvalue weighted by Gasteiger charge is 2.60. The molecule has 2 aliphatic heterocycles. The lowest BCUT2D eigenvalue weighted by Crippen LogP contribution is -2.68. The summed E-state index contributed by atoms with van der Waals surface area (Å²) in [6.45, 7) is 5.33. The van der Waals surface area contributed by atoms with Gasteiger partial charge in [-0.15, -0.1) is 0 Å². The minimum absolute atomic E-state index is 0.119. The van der Waals surface area contributed by atoms with Gasteiger partial charge in [-0.3, -0.25) is 14.5 Å². The fraction of sp³-hybridized carbons (Fsp3) is 0.526. The molecule has 0 spiro atoms. The monoisotopic (exact) mass is 376 g/mol. The number of ether oxygens (including phenoxy) is 3. The molecule has 0 aliphatic carbocycles. The van der Waals surface area contributed by atoms with E-state index in [1.807, 2.05) is 0 Å². The first-order chi connectivity index (χ1) is 12.7. The van der Waals surface area contributed by atoms with E-state index in [0.29, 0.717) is 11.5 Å². The van der Waals surface area contributed by atoms with Gasteiger partial charge in [0.15, 0.2) is 5.78 Å². The minimum Gasteiger partial charge on any atom is -0.497 e. The van der Waals surface area contributed by atoms with Crippen LogP contribution in [0.3, 0.4) is 0 Å². The number of fused-ring (bicyclic) bond motifs is 1. The summed E-state index contributed by atoms with van der Waals surface area (Å²) in [7, 11) is 3.09. The van der Waals surface area contributed by atoms with Gasteiger partial charge >= 0.3 is 6.09 Å². The van der Waals surface area contributed by atoms with Crippen molar-refractivity contribution < 1.29 is 28.6 Å². The number of nitrogens with zero attached hydrogens (tertiary/aromatic N) is 2. The molecule has 2 amide bonds. The van der Waals surface area contributed by atoms with Crippen LogP contribution in [-0.4, -0.2) is 66.0 Å². The Labute approximate surface area is 158 Å². The van der Waals surface area contributed by atoms with Crippen LogP contribution in [0.15, 0.2) is 18.2 Å². The van der Waals surface area contributed by atoms with Crippen LogP contribution in [0.5, 0.6) is 11.5 Å². The Balaban J connectivity index is 1.76. The Bertz CT molecular complexity index is 785. The van der Waals surface area contributed by atoms with Gasteiger partial charge < -0.3 is 19.1 Å². The molecular formula is C19H24N2O6. The number of hydrogen-bond acceptors (Lipinski definition) is 6. The SMILES string of the molecule is COc1ccc(CN2C(=O)[C@@H]3[C@H]2C(=O)CN3C(=O)OC(C)(C)C)c(OC)c1. The van der Waals surface area contributed by atoms with Crippen molar-refractivity contribution in [3.05, 3.63) is 23.8 Å². The number of carbonyl (C=O) groups is 3. The van der Waals surface area contributed by atoms with Crippen molar-refractivity contribution in [2.45, 2.75) is 45.0 Å². The molecule has 146 valence electrons. The lowest BCUT2D eigenvalue weighted by molar-refractivity contribution is -0.157. The number of amides is 2. The second-order valence-corrected chi connectivity index (χ2v) is 7.61. The van der Waals surface area contributed by atoms with Crippen molar-refractivity contribution in [1.29, 1.82) is 0 Å². The van der Waals surface area contributed by atoms with E-state index in [9.17, 15) is 14.4 Å². The molecule has 1 aromatic rings. The van der Waals surface area contributed by atoms with Crippen LogP contribution in [0.4, 0.5) is 4.79 Å². The zero-order valence-corrected chi connectivity index (χ0v) is 16.1. The summed E-state index contributed by atoms with van der Waals surface area (Å²) < 4.78 is 15.8. The molecule has 0 N–H and O–H groups in total. The maximum atomic E-state index is 12.7. The first-order valence-corrected chi connectivity index (χ1v) is 8.70. The summed E-state index contributed by atoms with van der Waals surface area (Å²) in [5.74, 6) is 0.768. The summed E-state index contributed by atoms with van der Waals surface area (Å²) in [6.07, 6.45) is -0.640. The van der Waals surface area contributed by atoms with E-state index < -0.39 is 23.8 Å². The largest absolute Gasteiger partial charge is 0.497 e. The molecule has 0 aromatic heterocycles. The third-order valence-corrected chi connectivity index (χ3v) is 4.63. The van der Waals surface area contributed by atoms with Crippen molar-refractivity contribution >= 4 is 17.8 Å². The number of carbonyl (C=O) groups excluding carboxylic acids is 3. The average molecular weight is 376 g/mol. The van der Waals surface area contributed by atoms with E-state index >= 15 is 0 Å². The summed E-state index contributed by atoms with van der Waals surface area (Å²) in [6, 6.07) is 3.86. The van der Waals surface area contributed by atoms with Gasteiger partial charge in [-0.2, -0.15) is 0 Å². The Morgan fingerprint density at radius 1 is 1.15 bits per heavy atom. The van der Waals surface area contributed by atoms with Crippen molar-refractivity contribution in [3.63, 3.8) is 0 Å². The Hall–Kier alpha value is -2.77. The van der Waals surface area contributed by atoms with Crippen molar-refractivity contribution in [2.24, 2.45) is 0 Å². The van der Waals surface area contributed by atoms with Crippen LogP contribution >= 0.6 is 0 Å². The number of methoxy groups -OCH3 is 2. The quantitative estimate of drug-likeness (QED) is 0.742. The molecule has 27 heavy (non-hydrogen) atoms. The van der Waals surface area contributed by atoms with Crippen LogP contribution in [0.1, 0.15) is 26.3 Å². The van der Waals surface area contributed by atoms with Gasteiger partial charge in [0.2, 0.25) is 5.91 Å². The zero-order chi connectivity index (χ0) is 19.9. The first kappa shape index (κ1) is 19.0. The number of ketones is 1. The van der Waals surface area contributed by atoms with Crippen LogP contribution in [0, 0.1) is 0 Å². The van der Waals surface area contributed by atoms with E-state index in [4.69, 9.17) is 14.2 Å². The molecule has 8 heteroatoms. The highest BCUT2D eigenvalue weighted by Crippen LogP contribution is 2.36. The summed E-state index contributed by atoms with van der Waals surface area (Å²) in [4.78, 5) is 40.1. The molecule has 8 nitrogen and oxygen atoms in total. The van der Waals surface area contributed by atoms with Gasteiger partial charge in [-0.05, 0) is 32.9 Å². The van der Waals surface area contributed by atoms with Gasteiger partial charge in [0, 0.05) is 11.6 Å². The summed E-state index contributed by atoms with van der Waals surface area (Å²) in [5, 5.41) is 0. The van der Waals surface area contributed by atoms with Crippen molar-refractivity contribution in [3.8, 4) is 11.5 Å². The van der Waals surface area contributed by atoms with E-state index in [0.717, 1.165) is 5.56 Å². The number of rotatable bonds is 4. The third kappa shape index (κ3) is 3.43. The fourth-order valence-corrected chi connectivity index (χ4v) is 3.38. The molecule has 2 aliphatic rings. The van der Waals surface area contributed by atoms with Crippen LogP contribution in [0.2, 0.25) is 0 Å². The molecule has 0 saturated carbocycles. The summed E-state index contributed by atoms with van der Waals surface area (Å²) >= 11 is 0.